The van der Waals surface area contributed by atoms with Crippen LogP contribution >= 0.6 is 12.4 Å². The van der Waals surface area contributed by atoms with Crippen LogP contribution in [0.4, 0.5) is 14.7 Å². The van der Waals surface area contributed by atoms with E-state index in [2.05, 4.69) is 20.7 Å². The van der Waals surface area contributed by atoms with Crippen LogP contribution in [0.2, 0.25) is 0 Å². The van der Waals surface area contributed by atoms with Crippen molar-refractivity contribution in [2.45, 2.75) is 31.6 Å². The van der Waals surface area contributed by atoms with E-state index < -0.39 is 11.6 Å². The maximum absolute atomic E-state index is 13.6. The Kier molecular flexibility index (Phi) is 7.05. The van der Waals surface area contributed by atoms with Crippen LogP contribution in [-0.2, 0) is 18.3 Å². The summed E-state index contributed by atoms with van der Waals surface area (Å²) in [5.41, 5.74) is 0.184. The fraction of sp³-hybridized carbons (Fsp3) is 0.471. The predicted octanol–water partition coefficient (Wildman–Crippen LogP) is 2.55. The first-order valence-corrected chi connectivity index (χ1v) is 8.38. The first-order valence-electron chi connectivity index (χ1n) is 8.38. The van der Waals surface area contributed by atoms with Crippen LogP contribution in [0.1, 0.15) is 36.6 Å². The lowest BCUT2D eigenvalue weighted by atomic mass is 9.98. The van der Waals surface area contributed by atoms with Crippen molar-refractivity contribution < 1.29 is 13.6 Å². The summed E-state index contributed by atoms with van der Waals surface area (Å²) in [6, 6.07) is 3.23. The molecule has 2 heterocycles. The number of benzene rings is 1. The van der Waals surface area contributed by atoms with Gasteiger partial charge < -0.3 is 5.32 Å². The molecule has 26 heavy (non-hydrogen) atoms. The van der Waals surface area contributed by atoms with Gasteiger partial charge in [-0.3, -0.25) is 10.1 Å². The van der Waals surface area contributed by atoms with E-state index in [0.717, 1.165) is 50.0 Å². The zero-order valence-electron chi connectivity index (χ0n) is 14.5. The Bertz CT molecular complexity index is 762. The highest BCUT2D eigenvalue weighted by Crippen LogP contribution is 2.23. The summed E-state index contributed by atoms with van der Waals surface area (Å²) >= 11 is 0. The summed E-state index contributed by atoms with van der Waals surface area (Å²) in [7, 11) is 1.72. The SMILES string of the molecule is Cl.Cn1nc(C2CCNCC2)nc1NC(=O)CCc1cc(F)ccc1F. The van der Waals surface area contributed by atoms with E-state index in [4.69, 9.17) is 0 Å². The number of hydrogen-bond donors (Lipinski definition) is 2. The summed E-state index contributed by atoms with van der Waals surface area (Å²) < 4.78 is 28.3. The molecule has 1 aromatic heterocycles. The van der Waals surface area contributed by atoms with E-state index in [1.54, 1.807) is 7.05 Å². The molecule has 0 atom stereocenters. The van der Waals surface area contributed by atoms with Gasteiger partial charge in [-0.05, 0) is 56.1 Å². The van der Waals surface area contributed by atoms with E-state index in [1.165, 1.54) is 4.68 Å². The van der Waals surface area contributed by atoms with Gasteiger partial charge in [0.15, 0.2) is 5.82 Å². The fourth-order valence-electron chi connectivity index (χ4n) is 2.94. The molecule has 1 aliphatic heterocycles. The Hall–Kier alpha value is -2.06. The lowest BCUT2D eigenvalue weighted by Crippen LogP contribution is -2.27. The average molecular weight is 386 g/mol. The number of aryl methyl sites for hydroxylation is 2. The third kappa shape index (κ3) is 4.98. The molecule has 2 aromatic rings. The second-order valence-electron chi connectivity index (χ2n) is 6.23. The normalized spacial score (nSPS) is 14.7. The van der Waals surface area contributed by atoms with Crippen molar-refractivity contribution in [3.05, 3.63) is 41.2 Å². The molecule has 0 radical (unpaired) electrons. The van der Waals surface area contributed by atoms with Crippen molar-refractivity contribution in [3.63, 3.8) is 0 Å². The maximum atomic E-state index is 13.6. The highest BCUT2D eigenvalue weighted by Gasteiger charge is 2.21. The van der Waals surface area contributed by atoms with Crippen LogP contribution in [-0.4, -0.2) is 33.8 Å². The lowest BCUT2D eigenvalue weighted by molar-refractivity contribution is -0.116. The van der Waals surface area contributed by atoms with Gasteiger partial charge in [0.05, 0.1) is 0 Å². The van der Waals surface area contributed by atoms with Crippen molar-refractivity contribution in [1.29, 1.82) is 0 Å². The number of rotatable bonds is 5. The number of halogens is 3. The summed E-state index contributed by atoms with van der Waals surface area (Å²) in [5, 5.41) is 10.4. The first kappa shape index (κ1) is 20.3. The second kappa shape index (κ2) is 9.05. The number of aromatic nitrogens is 3. The molecule has 0 bridgehead atoms. The van der Waals surface area contributed by atoms with E-state index in [0.29, 0.717) is 11.9 Å². The molecule has 0 saturated carbocycles. The number of nitrogens with one attached hydrogen (secondary N) is 2. The molecule has 6 nitrogen and oxygen atoms in total. The third-order valence-electron chi connectivity index (χ3n) is 4.36. The number of nitrogens with zero attached hydrogens (tertiary/aromatic N) is 3. The van der Waals surface area contributed by atoms with Crippen molar-refractivity contribution >= 4 is 24.3 Å². The standard InChI is InChI=1S/C17H21F2N5O.ClH/c1-24-17(22-16(23-24)11-6-8-20-9-7-11)21-15(25)5-2-12-10-13(18)3-4-14(12)19;/h3-4,10-11,20H,2,5-9H2,1H3,(H,21,22,23,25);1H. The number of hydrogen-bond acceptors (Lipinski definition) is 4. The van der Waals surface area contributed by atoms with Crippen LogP contribution in [0.25, 0.3) is 0 Å². The van der Waals surface area contributed by atoms with Crippen LogP contribution in [0.5, 0.6) is 0 Å². The minimum Gasteiger partial charge on any atom is -0.317 e. The minimum atomic E-state index is -0.517. The van der Waals surface area contributed by atoms with Crippen LogP contribution in [0.15, 0.2) is 18.2 Å². The van der Waals surface area contributed by atoms with Gasteiger partial charge in [0, 0.05) is 19.4 Å². The predicted molar refractivity (Wildman–Crippen MR) is 96.4 cm³/mol. The Morgan fingerprint density at radius 3 is 2.81 bits per heavy atom. The van der Waals surface area contributed by atoms with Gasteiger partial charge in [-0.25, -0.2) is 13.5 Å². The van der Waals surface area contributed by atoms with Gasteiger partial charge in [0.2, 0.25) is 11.9 Å². The van der Waals surface area contributed by atoms with E-state index in [9.17, 15) is 13.6 Å². The lowest BCUT2D eigenvalue weighted by Gasteiger charge is -2.19. The van der Waals surface area contributed by atoms with Crippen LogP contribution < -0.4 is 10.6 Å². The third-order valence-corrected chi connectivity index (χ3v) is 4.36. The Labute approximate surface area is 156 Å². The van der Waals surface area contributed by atoms with Crippen molar-refractivity contribution in [2.75, 3.05) is 18.4 Å². The fourth-order valence-corrected chi connectivity index (χ4v) is 2.94. The number of carbonyl (C=O) groups is 1. The molecular weight excluding hydrogens is 364 g/mol. The van der Waals surface area contributed by atoms with Gasteiger partial charge >= 0.3 is 0 Å². The van der Waals surface area contributed by atoms with Gasteiger partial charge in [0.1, 0.15) is 11.6 Å². The van der Waals surface area contributed by atoms with Gasteiger partial charge in [-0.2, -0.15) is 10.1 Å². The highest BCUT2D eigenvalue weighted by atomic mass is 35.5. The largest absolute Gasteiger partial charge is 0.317 e. The van der Waals surface area contributed by atoms with Crippen molar-refractivity contribution in [3.8, 4) is 0 Å². The molecule has 1 aromatic carbocycles. The summed E-state index contributed by atoms with van der Waals surface area (Å²) in [6.07, 6.45) is 2.09. The molecule has 1 saturated heterocycles. The summed E-state index contributed by atoms with van der Waals surface area (Å²) in [4.78, 5) is 16.5. The molecule has 0 unspecified atom stereocenters. The van der Waals surface area contributed by atoms with Crippen LogP contribution in [0, 0.1) is 11.6 Å². The molecule has 0 spiro atoms. The highest BCUT2D eigenvalue weighted by molar-refractivity contribution is 5.89. The zero-order valence-corrected chi connectivity index (χ0v) is 15.3. The topological polar surface area (TPSA) is 71.8 Å². The zero-order chi connectivity index (χ0) is 17.8. The van der Waals surface area contributed by atoms with Gasteiger partial charge in [0.25, 0.3) is 0 Å². The van der Waals surface area contributed by atoms with E-state index in [1.807, 2.05) is 0 Å². The average Bonchev–Trinajstić information content (AvgIpc) is 2.97. The molecule has 3 rings (SSSR count). The van der Waals surface area contributed by atoms with Gasteiger partial charge in [-0.1, -0.05) is 0 Å². The first-order chi connectivity index (χ1) is 12.0. The number of piperidine rings is 1. The smallest absolute Gasteiger partial charge is 0.227 e. The van der Waals surface area contributed by atoms with Crippen molar-refractivity contribution in [1.82, 2.24) is 20.1 Å². The molecule has 1 amide bonds. The van der Waals surface area contributed by atoms with E-state index >= 15 is 0 Å². The molecule has 9 heteroatoms. The van der Waals surface area contributed by atoms with Crippen molar-refractivity contribution in [2.24, 2.45) is 7.05 Å². The Balaban J connectivity index is 0.00000243. The minimum absolute atomic E-state index is 0. The Morgan fingerprint density at radius 2 is 2.08 bits per heavy atom. The van der Waals surface area contributed by atoms with Gasteiger partial charge in [-0.15, -0.1) is 12.4 Å². The molecule has 2 N–H and O–H groups in total. The molecule has 1 aliphatic rings. The number of carbonyl (C=O) groups excluding carboxylic acids is 1. The van der Waals surface area contributed by atoms with Crippen LogP contribution in [0.3, 0.4) is 0 Å². The summed E-state index contributed by atoms with van der Waals surface area (Å²) in [5.74, 6) is 0.0574. The maximum Gasteiger partial charge on any atom is 0.227 e. The molecular formula is C17H22ClF2N5O. The number of anilines is 1. The summed E-state index contributed by atoms with van der Waals surface area (Å²) in [6.45, 7) is 1.87. The molecule has 142 valence electrons. The number of amides is 1. The molecule has 1 fully saturated rings. The molecule has 0 aliphatic carbocycles. The quantitative estimate of drug-likeness (QED) is 0.829. The Morgan fingerprint density at radius 1 is 1.35 bits per heavy atom. The van der Waals surface area contributed by atoms with E-state index in [-0.39, 0.29) is 36.7 Å². The second-order valence-corrected chi connectivity index (χ2v) is 6.23. The monoisotopic (exact) mass is 385 g/mol.